The number of aliphatic hydroxyl groups excluding tert-OH is 1. The molecule has 1 atom stereocenters. The van der Waals surface area contributed by atoms with Gasteiger partial charge in [-0.1, -0.05) is 32.0 Å². The Balaban J connectivity index is 2.45. The largest absolute Gasteiger partial charge is 0.491 e. The van der Waals surface area contributed by atoms with Crippen LogP contribution in [0.25, 0.3) is 0 Å². The summed E-state index contributed by atoms with van der Waals surface area (Å²) in [5.41, 5.74) is 1.15. The number of hydrogen-bond acceptors (Lipinski definition) is 4. The second-order valence-corrected chi connectivity index (χ2v) is 5.33. The maximum Gasteiger partial charge on any atom is 0.122 e. The second-order valence-electron chi connectivity index (χ2n) is 5.33. The SMILES string of the molecule is CC(C)c1ccccc1OCC(O)CN(C)CCC#N. The summed E-state index contributed by atoms with van der Waals surface area (Å²) in [6, 6.07) is 10.0. The Morgan fingerprint density at radius 1 is 1.35 bits per heavy atom. The monoisotopic (exact) mass is 276 g/mol. The first kappa shape index (κ1) is 16.5. The fourth-order valence-corrected chi connectivity index (χ4v) is 2.02. The fourth-order valence-electron chi connectivity index (χ4n) is 2.02. The molecule has 0 heterocycles. The zero-order chi connectivity index (χ0) is 15.0. The molecule has 1 unspecified atom stereocenters. The van der Waals surface area contributed by atoms with Gasteiger partial charge in [-0.05, 0) is 24.6 Å². The van der Waals surface area contributed by atoms with Crippen molar-refractivity contribution in [2.24, 2.45) is 0 Å². The molecule has 0 fully saturated rings. The number of benzene rings is 1. The summed E-state index contributed by atoms with van der Waals surface area (Å²) < 4.78 is 5.72. The van der Waals surface area contributed by atoms with Crippen LogP contribution in [0.4, 0.5) is 0 Å². The quantitative estimate of drug-likeness (QED) is 0.792. The molecule has 0 aliphatic rings. The molecule has 1 N–H and O–H groups in total. The van der Waals surface area contributed by atoms with E-state index in [-0.39, 0.29) is 6.61 Å². The van der Waals surface area contributed by atoms with Crippen molar-refractivity contribution in [2.75, 3.05) is 26.7 Å². The van der Waals surface area contributed by atoms with E-state index >= 15 is 0 Å². The summed E-state index contributed by atoms with van der Waals surface area (Å²) in [6.45, 7) is 5.67. The lowest BCUT2D eigenvalue weighted by atomic mass is 10.0. The third kappa shape index (κ3) is 5.60. The van der Waals surface area contributed by atoms with Crippen LogP contribution < -0.4 is 4.74 Å². The molecule has 0 saturated carbocycles. The van der Waals surface area contributed by atoms with E-state index in [2.05, 4.69) is 19.9 Å². The van der Waals surface area contributed by atoms with Gasteiger partial charge in [0.15, 0.2) is 0 Å². The Kier molecular flexibility index (Phi) is 7.06. The summed E-state index contributed by atoms with van der Waals surface area (Å²) in [7, 11) is 1.89. The van der Waals surface area contributed by atoms with Crippen molar-refractivity contribution in [3.8, 4) is 11.8 Å². The molecule has 0 amide bonds. The lowest BCUT2D eigenvalue weighted by Crippen LogP contribution is -2.33. The zero-order valence-corrected chi connectivity index (χ0v) is 12.5. The number of aliphatic hydroxyl groups is 1. The standard InChI is InChI=1S/C16H24N2O2/c1-13(2)15-7-4-5-8-16(15)20-12-14(19)11-18(3)10-6-9-17/h4-5,7-8,13-14,19H,6,10-12H2,1-3H3. The Labute approximate surface area is 121 Å². The van der Waals surface area contributed by atoms with Crippen molar-refractivity contribution in [1.82, 2.24) is 4.90 Å². The average molecular weight is 276 g/mol. The molecule has 0 bridgehead atoms. The molecule has 1 aromatic rings. The molecule has 0 aromatic heterocycles. The van der Waals surface area contributed by atoms with Crippen molar-refractivity contribution >= 4 is 0 Å². The highest BCUT2D eigenvalue weighted by Gasteiger charge is 2.11. The minimum absolute atomic E-state index is 0.265. The molecule has 0 spiro atoms. The molecule has 110 valence electrons. The maximum absolute atomic E-state index is 9.96. The first-order chi connectivity index (χ1) is 9.54. The number of nitrogens with zero attached hydrogens (tertiary/aromatic N) is 2. The van der Waals surface area contributed by atoms with Crippen molar-refractivity contribution in [3.05, 3.63) is 29.8 Å². The lowest BCUT2D eigenvalue weighted by molar-refractivity contribution is 0.0765. The second kappa shape index (κ2) is 8.57. The van der Waals surface area contributed by atoms with Crippen molar-refractivity contribution in [2.45, 2.75) is 32.3 Å². The number of nitriles is 1. The van der Waals surface area contributed by atoms with Gasteiger partial charge in [0.1, 0.15) is 18.5 Å². The third-order valence-electron chi connectivity index (χ3n) is 3.10. The van der Waals surface area contributed by atoms with Crippen molar-refractivity contribution < 1.29 is 9.84 Å². The van der Waals surface area contributed by atoms with Gasteiger partial charge >= 0.3 is 0 Å². The molecule has 20 heavy (non-hydrogen) atoms. The highest BCUT2D eigenvalue weighted by Crippen LogP contribution is 2.25. The van der Waals surface area contributed by atoms with Crippen LogP contribution in [-0.4, -0.2) is 42.9 Å². The molecule has 4 heteroatoms. The van der Waals surface area contributed by atoms with Crippen LogP contribution in [0.1, 0.15) is 31.7 Å². The zero-order valence-electron chi connectivity index (χ0n) is 12.5. The van der Waals surface area contributed by atoms with Gasteiger partial charge in [0, 0.05) is 19.5 Å². The molecule has 1 aromatic carbocycles. The Morgan fingerprint density at radius 3 is 2.70 bits per heavy atom. The molecule has 0 aliphatic heterocycles. The van der Waals surface area contributed by atoms with E-state index in [4.69, 9.17) is 10.00 Å². The Bertz CT molecular complexity index is 440. The van der Waals surface area contributed by atoms with E-state index in [0.29, 0.717) is 25.4 Å². The van der Waals surface area contributed by atoms with Crippen LogP contribution in [0.5, 0.6) is 5.75 Å². The maximum atomic E-state index is 9.96. The summed E-state index contributed by atoms with van der Waals surface area (Å²) in [5, 5.41) is 18.5. The van der Waals surface area contributed by atoms with E-state index in [0.717, 1.165) is 11.3 Å². The smallest absolute Gasteiger partial charge is 0.122 e. The number of rotatable bonds is 8. The normalized spacial score (nSPS) is 12.4. The highest BCUT2D eigenvalue weighted by atomic mass is 16.5. The van der Waals surface area contributed by atoms with Crippen molar-refractivity contribution in [3.63, 3.8) is 0 Å². The van der Waals surface area contributed by atoms with Crippen LogP contribution >= 0.6 is 0 Å². The third-order valence-corrected chi connectivity index (χ3v) is 3.10. The molecule has 0 saturated heterocycles. The summed E-state index contributed by atoms with van der Waals surface area (Å²) >= 11 is 0. The number of para-hydroxylation sites is 1. The number of likely N-dealkylation sites (N-methyl/N-ethyl adjacent to an activating group) is 1. The minimum Gasteiger partial charge on any atom is -0.491 e. The molecular weight excluding hydrogens is 252 g/mol. The molecular formula is C16H24N2O2. The van der Waals surface area contributed by atoms with Gasteiger partial charge < -0.3 is 14.7 Å². The van der Waals surface area contributed by atoms with Crippen LogP contribution in [0.15, 0.2) is 24.3 Å². The Morgan fingerprint density at radius 2 is 2.05 bits per heavy atom. The first-order valence-corrected chi connectivity index (χ1v) is 7.00. The van der Waals surface area contributed by atoms with Crippen LogP contribution in [0.2, 0.25) is 0 Å². The van der Waals surface area contributed by atoms with Gasteiger partial charge in [0.05, 0.1) is 6.07 Å². The molecule has 0 aliphatic carbocycles. The summed E-state index contributed by atoms with van der Waals surface area (Å²) in [5.74, 6) is 1.22. The van der Waals surface area contributed by atoms with Gasteiger partial charge in [-0.15, -0.1) is 0 Å². The van der Waals surface area contributed by atoms with E-state index in [9.17, 15) is 5.11 Å². The van der Waals surface area contributed by atoms with Gasteiger partial charge in [0.25, 0.3) is 0 Å². The lowest BCUT2D eigenvalue weighted by Gasteiger charge is -2.21. The van der Waals surface area contributed by atoms with Crippen molar-refractivity contribution in [1.29, 1.82) is 5.26 Å². The van der Waals surface area contributed by atoms with Gasteiger partial charge in [-0.25, -0.2) is 0 Å². The molecule has 1 rings (SSSR count). The minimum atomic E-state index is -0.557. The fraction of sp³-hybridized carbons (Fsp3) is 0.562. The Hall–Kier alpha value is -1.57. The summed E-state index contributed by atoms with van der Waals surface area (Å²) in [6.07, 6.45) is -0.0841. The number of hydrogen-bond donors (Lipinski definition) is 1. The predicted molar refractivity (Wildman–Crippen MR) is 79.8 cm³/mol. The van der Waals surface area contributed by atoms with E-state index < -0.39 is 6.10 Å². The van der Waals surface area contributed by atoms with Crippen LogP contribution in [0, 0.1) is 11.3 Å². The molecule has 4 nitrogen and oxygen atoms in total. The van der Waals surface area contributed by atoms with Gasteiger partial charge in [0.2, 0.25) is 0 Å². The van der Waals surface area contributed by atoms with Crippen LogP contribution in [-0.2, 0) is 0 Å². The average Bonchev–Trinajstić information content (AvgIpc) is 2.43. The topological polar surface area (TPSA) is 56.5 Å². The number of ether oxygens (including phenoxy) is 1. The predicted octanol–water partition coefficient (Wildman–Crippen LogP) is 2.40. The van der Waals surface area contributed by atoms with E-state index in [1.54, 1.807) is 0 Å². The summed E-state index contributed by atoms with van der Waals surface area (Å²) in [4.78, 5) is 1.94. The first-order valence-electron chi connectivity index (χ1n) is 7.00. The molecule has 0 radical (unpaired) electrons. The van der Waals surface area contributed by atoms with Crippen LogP contribution in [0.3, 0.4) is 0 Å². The highest BCUT2D eigenvalue weighted by molar-refractivity contribution is 5.35. The van der Waals surface area contributed by atoms with E-state index in [1.807, 2.05) is 36.2 Å². The van der Waals surface area contributed by atoms with Gasteiger partial charge in [-0.3, -0.25) is 0 Å². The van der Waals surface area contributed by atoms with Gasteiger partial charge in [-0.2, -0.15) is 5.26 Å². The van der Waals surface area contributed by atoms with E-state index in [1.165, 1.54) is 0 Å².